The Kier molecular flexibility index (Phi) is 7.41. The molecule has 0 atom stereocenters. The van der Waals surface area contributed by atoms with Crippen LogP contribution in [0.5, 0.6) is 0 Å². The molecule has 0 N–H and O–H groups in total. The van der Waals surface area contributed by atoms with Crippen LogP contribution in [0.15, 0.2) is 60.7 Å². The van der Waals surface area contributed by atoms with Crippen molar-refractivity contribution in [2.45, 2.75) is 44.9 Å². The summed E-state index contributed by atoms with van der Waals surface area (Å²) in [6.07, 6.45) is 9.70. The van der Waals surface area contributed by atoms with E-state index in [1.165, 1.54) is 0 Å². The normalized spacial score (nSPS) is 11.2. The highest BCUT2D eigenvalue weighted by atomic mass is 16.1. The first kappa shape index (κ1) is 18.1. The lowest BCUT2D eigenvalue weighted by molar-refractivity contribution is 0.338. The lowest BCUT2D eigenvalue weighted by Crippen LogP contribution is -2.28. The molecule has 0 aliphatic carbocycles. The molecule has 2 rings (SSSR count). The first-order valence-electron chi connectivity index (χ1n) is 8.60. The van der Waals surface area contributed by atoms with Gasteiger partial charge in [0.05, 0.1) is 0 Å². The molecule has 0 bridgehead atoms. The van der Waals surface area contributed by atoms with Crippen molar-refractivity contribution in [3.63, 3.8) is 0 Å². The Morgan fingerprint density at radius 1 is 0.708 bits per heavy atom. The van der Waals surface area contributed by atoms with Crippen LogP contribution in [0.2, 0.25) is 0 Å². The maximum absolute atomic E-state index is 12.0. The molecule has 0 amide bonds. The minimum atomic E-state index is -0.506. The molecule has 0 aliphatic heterocycles. The number of rotatable bonds is 11. The largest absolute Gasteiger partial charge is 0.291 e. The van der Waals surface area contributed by atoms with Crippen LogP contribution in [0.3, 0.4) is 0 Å². The molecule has 0 spiro atoms. The van der Waals surface area contributed by atoms with Crippen LogP contribution in [0.4, 0.5) is 0 Å². The third-order valence-corrected chi connectivity index (χ3v) is 4.42. The molecule has 124 valence electrons. The van der Waals surface area contributed by atoms with Crippen molar-refractivity contribution in [2.24, 2.45) is 5.41 Å². The van der Waals surface area contributed by atoms with E-state index in [1.54, 1.807) is 0 Å². The van der Waals surface area contributed by atoms with E-state index in [0.29, 0.717) is 19.3 Å². The van der Waals surface area contributed by atoms with Crippen molar-refractivity contribution < 1.29 is 9.59 Å². The summed E-state index contributed by atoms with van der Waals surface area (Å²) in [5.41, 5.74) is 1.82. The van der Waals surface area contributed by atoms with Crippen molar-refractivity contribution in [1.82, 2.24) is 0 Å². The van der Waals surface area contributed by atoms with E-state index >= 15 is 0 Å². The van der Waals surface area contributed by atoms with E-state index in [9.17, 15) is 9.59 Å². The number of hydrogen-bond donors (Lipinski definition) is 0. The highest BCUT2D eigenvalue weighted by Gasteiger charge is 2.31. The van der Waals surface area contributed by atoms with Gasteiger partial charge in [-0.3, -0.25) is 9.59 Å². The van der Waals surface area contributed by atoms with Gasteiger partial charge >= 0.3 is 0 Å². The maximum atomic E-state index is 12.0. The zero-order chi connectivity index (χ0) is 17.1. The number of unbranched alkanes of at least 4 members (excludes halogenated alkanes) is 3. The van der Waals surface area contributed by atoms with Crippen LogP contribution in [0, 0.1) is 5.41 Å². The fraction of sp³-hybridized carbons (Fsp3) is 0.364. The molecule has 0 aliphatic rings. The van der Waals surface area contributed by atoms with Crippen molar-refractivity contribution >= 4 is 12.6 Å². The summed E-state index contributed by atoms with van der Waals surface area (Å²) >= 11 is 0. The molecule has 0 aromatic heterocycles. The Balaban J connectivity index is 2.11. The predicted molar refractivity (Wildman–Crippen MR) is 97.2 cm³/mol. The number of carbonyl (C=O) groups excluding carboxylic acids is 2. The summed E-state index contributed by atoms with van der Waals surface area (Å²) in [5, 5.41) is 0. The third-order valence-electron chi connectivity index (χ3n) is 4.42. The quantitative estimate of drug-likeness (QED) is 0.566. The van der Waals surface area contributed by atoms with Gasteiger partial charge in [0.1, 0.15) is 0 Å². The monoisotopic (exact) mass is 320 g/mol. The average Bonchev–Trinajstić information content (AvgIpc) is 2.63. The van der Waals surface area contributed by atoms with Gasteiger partial charge in [-0.25, -0.2) is 0 Å². The molecule has 0 unspecified atom stereocenters. The molecule has 24 heavy (non-hydrogen) atoms. The van der Waals surface area contributed by atoms with Crippen LogP contribution in [0.25, 0.3) is 0 Å². The van der Waals surface area contributed by atoms with Crippen LogP contribution in [-0.2, 0) is 22.4 Å². The highest BCUT2D eigenvalue weighted by molar-refractivity contribution is 5.62. The second-order valence-corrected chi connectivity index (χ2v) is 6.41. The minimum Gasteiger partial charge on any atom is -0.291 e. The Hall–Kier alpha value is -2.22. The molecular formula is C22H24O2. The van der Waals surface area contributed by atoms with Crippen molar-refractivity contribution in [3.05, 3.63) is 71.8 Å². The van der Waals surface area contributed by atoms with Crippen LogP contribution in [0.1, 0.15) is 43.2 Å². The van der Waals surface area contributed by atoms with Crippen molar-refractivity contribution in [3.8, 4) is 0 Å². The Morgan fingerprint density at radius 3 is 1.71 bits per heavy atom. The molecule has 0 saturated carbocycles. The second-order valence-electron chi connectivity index (χ2n) is 6.41. The Labute approximate surface area is 144 Å². The Morgan fingerprint density at radius 2 is 1.25 bits per heavy atom. The van der Waals surface area contributed by atoms with Gasteiger partial charge in [0, 0.05) is 11.8 Å². The van der Waals surface area contributed by atoms with Gasteiger partial charge in [0.15, 0.2) is 6.29 Å². The second kappa shape index (κ2) is 9.82. The smallest absolute Gasteiger partial charge is 0.205 e. The lowest BCUT2D eigenvalue weighted by atomic mass is 9.74. The summed E-state index contributed by atoms with van der Waals surface area (Å²) in [6.45, 7) is 0. The third kappa shape index (κ3) is 5.77. The average molecular weight is 320 g/mol. The van der Waals surface area contributed by atoms with Crippen LogP contribution >= 0.6 is 0 Å². The topological polar surface area (TPSA) is 34.1 Å². The van der Waals surface area contributed by atoms with Crippen LogP contribution < -0.4 is 0 Å². The number of benzene rings is 2. The van der Waals surface area contributed by atoms with Crippen molar-refractivity contribution in [1.29, 1.82) is 0 Å². The predicted octanol–water partition coefficient (Wildman–Crippen LogP) is 4.63. The van der Waals surface area contributed by atoms with E-state index in [-0.39, 0.29) is 0 Å². The van der Waals surface area contributed by atoms with Gasteiger partial charge in [-0.05, 0) is 36.8 Å². The Bertz CT molecular complexity index is 563. The zero-order valence-electron chi connectivity index (χ0n) is 14.0. The maximum Gasteiger partial charge on any atom is 0.205 e. The van der Waals surface area contributed by atoms with Crippen LogP contribution in [-0.4, -0.2) is 12.6 Å². The SMILES string of the molecule is O=[C]CCCCCC([C]=O)(Cc1ccccc1)Cc1ccccc1. The van der Waals surface area contributed by atoms with Gasteiger partial charge in [-0.15, -0.1) is 0 Å². The van der Waals surface area contributed by atoms with Gasteiger partial charge < -0.3 is 0 Å². The molecule has 0 saturated heterocycles. The van der Waals surface area contributed by atoms with E-state index in [2.05, 4.69) is 30.6 Å². The molecule has 2 heteroatoms. The van der Waals surface area contributed by atoms with E-state index < -0.39 is 5.41 Å². The first-order chi connectivity index (χ1) is 11.8. The van der Waals surface area contributed by atoms with Gasteiger partial charge in [-0.2, -0.15) is 0 Å². The highest BCUT2D eigenvalue weighted by Crippen LogP contribution is 2.32. The summed E-state index contributed by atoms with van der Waals surface area (Å²) in [4.78, 5) is 22.3. The van der Waals surface area contributed by atoms with Gasteiger partial charge in [-0.1, -0.05) is 73.5 Å². The molecule has 2 aromatic rings. The van der Waals surface area contributed by atoms with Gasteiger partial charge in [0.25, 0.3) is 0 Å². The standard InChI is InChI=1S/C22H24O2/c23-16-10-2-1-9-15-22(19-24,17-20-11-5-3-6-12-20)18-21-13-7-4-8-14-21/h3-8,11-14H,1-2,9-10,15,17-18H2. The van der Waals surface area contributed by atoms with E-state index in [4.69, 9.17) is 0 Å². The number of hydrogen-bond acceptors (Lipinski definition) is 2. The first-order valence-corrected chi connectivity index (χ1v) is 8.60. The molecule has 0 heterocycles. The summed E-state index contributed by atoms with van der Waals surface area (Å²) in [5.74, 6) is 0. The molecule has 0 fully saturated rings. The molecule has 2 aromatic carbocycles. The van der Waals surface area contributed by atoms with Gasteiger partial charge in [0.2, 0.25) is 6.29 Å². The van der Waals surface area contributed by atoms with E-state index in [1.807, 2.05) is 42.7 Å². The summed E-state index contributed by atoms with van der Waals surface area (Å²) in [6, 6.07) is 20.3. The van der Waals surface area contributed by atoms with E-state index in [0.717, 1.165) is 36.8 Å². The lowest BCUT2D eigenvalue weighted by Gasteiger charge is -2.28. The summed E-state index contributed by atoms with van der Waals surface area (Å²) in [7, 11) is 0. The molecular weight excluding hydrogens is 296 g/mol. The zero-order valence-corrected chi connectivity index (χ0v) is 14.0. The fourth-order valence-corrected chi connectivity index (χ4v) is 3.17. The van der Waals surface area contributed by atoms with Crippen molar-refractivity contribution in [2.75, 3.05) is 0 Å². The molecule has 2 nitrogen and oxygen atoms in total. The molecule has 2 radical (unpaired) electrons. The fourth-order valence-electron chi connectivity index (χ4n) is 3.17. The minimum absolute atomic E-state index is 0.481. The summed E-state index contributed by atoms with van der Waals surface area (Å²) < 4.78 is 0.